The molecule has 0 radical (unpaired) electrons. The van der Waals surface area contributed by atoms with Crippen LogP contribution in [0.1, 0.15) is 50.8 Å². The van der Waals surface area contributed by atoms with Crippen LogP contribution in [0.4, 0.5) is 4.79 Å². The molecule has 1 aliphatic heterocycles. The van der Waals surface area contributed by atoms with Gasteiger partial charge in [-0.15, -0.1) is 6.58 Å². The second kappa shape index (κ2) is 6.87. The Kier molecular flexibility index (Phi) is 5.10. The number of allylic oxidation sites excluding steroid dienone is 1. The first-order chi connectivity index (χ1) is 10.8. The van der Waals surface area contributed by atoms with Gasteiger partial charge in [-0.1, -0.05) is 18.2 Å². The molecule has 1 aliphatic rings. The maximum Gasteiger partial charge on any atom is 0.410 e. The number of carbonyl (C=O) groups is 1. The molecule has 0 unspecified atom stereocenters. The highest BCUT2D eigenvalue weighted by Crippen LogP contribution is 2.38. The topological polar surface area (TPSA) is 53.3 Å². The van der Waals surface area contributed by atoms with E-state index in [1.54, 1.807) is 17.0 Å². The molecule has 0 saturated carbocycles. The Bertz CT molecular complexity index is 608. The average Bonchev–Trinajstić information content (AvgIpc) is 2.90. The fraction of sp³-hybridized carbons (Fsp3) is 0.474. The summed E-state index contributed by atoms with van der Waals surface area (Å²) in [4.78, 5) is 14.3. The first-order valence-electron chi connectivity index (χ1n) is 7.94. The summed E-state index contributed by atoms with van der Waals surface area (Å²) in [5.41, 5.74) is 1.16. The van der Waals surface area contributed by atoms with Crippen molar-refractivity contribution in [2.75, 3.05) is 6.54 Å². The van der Waals surface area contributed by atoms with Crippen molar-refractivity contribution in [1.82, 2.24) is 4.90 Å². The molecule has 1 aromatic carbocycles. The predicted molar refractivity (Wildman–Crippen MR) is 89.8 cm³/mol. The Morgan fingerprint density at radius 1 is 1.43 bits per heavy atom. The fourth-order valence-corrected chi connectivity index (χ4v) is 2.95. The Labute approximate surface area is 138 Å². The lowest BCUT2D eigenvalue weighted by Crippen LogP contribution is -2.36. The van der Waals surface area contributed by atoms with E-state index in [4.69, 9.17) is 10.00 Å². The molecule has 4 heteroatoms. The zero-order chi connectivity index (χ0) is 17.0. The van der Waals surface area contributed by atoms with E-state index in [1.807, 2.05) is 39.0 Å². The number of ether oxygens (including phenoxy) is 1. The van der Waals surface area contributed by atoms with Crippen molar-refractivity contribution in [3.63, 3.8) is 0 Å². The number of amides is 1. The summed E-state index contributed by atoms with van der Waals surface area (Å²) in [5, 5.41) is 8.93. The molecule has 1 saturated heterocycles. The molecule has 2 rings (SSSR count). The van der Waals surface area contributed by atoms with Crippen molar-refractivity contribution in [1.29, 1.82) is 5.26 Å². The zero-order valence-corrected chi connectivity index (χ0v) is 14.1. The second-order valence-electron chi connectivity index (χ2n) is 7.01. The van der Waals surface area contributed by atoms with E-state index >= 15 is 0 Å². The summed E-state index contributed by atoms with van der Waals surface area (Å²) in [7, 11) is 0. The van der Waals surface area contributed by atoms with E-state index in [2.05, 4.69) is 12.6 Å². The molecule has 1 amide bonds. The van der Waals surface area contributed by atoms with Gasteiger partial charge in [0.1, 0.15) is 5.60 Å². The van der Waals surface area contributed by atoms with Gasteiger partial charge < -0.3 is 9.64 Å². The number of likely N-dealkylation sites (tertiary alicyclic amines) is 1. The van der Waals surface area contributed by atoms with Gasteiger partial charge in [0.25, 0.3) is 0 Å². The summed E-state index contributed by atoms with van der Waals surface area (Å²) >= 11 is 0. The fourth-order valence-electron chi connectivity index (χ4n) is 2.95. The second-order valence-corrected chi connectivity index (χ2v) is 7.01. The van der Waals surface area contributed by atoms with E-state index in [-0.39, 0.29) is 12.1 Å². The molecule has 0 bridgehead atoms. The van der Waals surface area contributed by atoms with E-state index in [9.17, 15) is 4.79 Å². The minimum Gasteiger partial charge on any atom is -0.444 e. The van der Waals surface area contributed by atoms with Crippen molar-refractivity contribution >= 4 is 6.09 Å². The molecule has 4 nitrogen and oxygen atoms in total. The quantitative estimate of drug-likeness (QED) is 0.776. The first kappa shape index (κ1) is 17.1. The third-order valence-electron chi connectivity index (χ3n) is 3.94. The molecular formula is C19H24N2O2. The van der Waals surface area contributed by atoms with Gasteiger partial charge >= 0.3 is 6.09 Å². The molecule has 0 aromatic heterocycles. The van der Waals surface area contributed by atoms with Crippen molar-refractivity contribution in [2.45, 2.75) is 45.3 Å². The molecule has 1 heterocycles. The van der Waals surface area contributed by atoms with Gasteiger partial charge in [-0.25, -0.2) is 4.79 Å². The van der Waals surface area contributed by atoms with Crippen LogP contribution in [0.3, 0.4) is 0 Å². The summed E-state index contributed by atoms with van der Waals surface area (Å²) in [6.45, 7) is 10.1. The number of hydrogen-bond acceptors (Lipinski definition) is 3. The van der Waals surface area contributed by atoms with Gasteiger partial charge in [0.15, 0.2) is 0 Å². The van der Waals surface area contributed by atoms with Crippen LogP contribution in [0.25, 0.3) is 0 Å². The van der Waals surface area contributed by atoms with Gasteiger partial charge in [0.05, 0.1) is 17.7 Å². The number of hydrogen-bond donors (Lipinski definition) is 0. The molecule has 1 aromatic rings. The maximum absolute atomic E-state index is 12.5. The van der Waals surface area contributed by atoms with Crippen LogP contribution in [0.15, 0.2) is 36.9 Å². The monoisotopic (exact) mass is 312 g/mol. The van der Waals surface area contributed by atoms with Crippen LogP contribution in [-0.2, 0) is 4.74 Å². The molecule has 23 heavy (non-hydrogen) atoms. The number of benzene rings is 1. The lowest BCUT2D eigenvalue weighted by molar-refractivity contribution is 0.0219. The van der Waals surface area contributed by atoms with Gasteiger partial charge in [0.2, 0.25) is 0 Å². The van der Waals surface area contributed by atoms with Crippen molar-refractivity contribution < 1.29 is 9.53 Å². The minimum atomic E-state index is -0.511. The lowest BCUT2D eigenvalue weighted by atomic mass is 9.97. The Balaban J connectivity index is 2.23. The van der Waals surface area contributed by atoms with Crippen LogP contribution in [0, 0.1) is 17.2 Å². The molecule has 0 aliphatic carbocycles. The van der Waals surface area contributed by atoms with Crippen LogP contribution >= 0.6 is 0 Å². The molecule has 1 fully saturated rings. The molecule has 122 valence electrons. The van der Waals surface area contributed by atoms with Gasteiger partial charge in [-0.05, 0) is 57.2 Å². The van der Waals surface area contributed by atoms with Crippen LogP contribution in [-0.4, -0.2) is 23.1 Å². The first-order valence-corrected chi connectivity index (χ1v) is 7.94. The Hall–Kier alpha value is -2.28. The summed E-state index contributed by atoms with van der Waals surface area (Å²) in [5.74, 6) is 0.390. The summed E-state index contributed by atoms with van der Waals surface area (Å²) in [6, 6.07) is 9.55. The molecular weight excluding hydrogens is 288 g/mol. The van der Waals surface area contributed by atoms with Crippen molar-refractivity contribution in [3.05, 3.63) is 48.0 Å². The normalized spacial score (nSPS) is 20.9. The molecule has 2 atom stereocenters. The summed E-state index contributed by atoms with van der Waals surface area (Å²) < 4.78 is 5.55. The minimum absolute atomic E-state index is 0.0115. The summed E-state index contributed by atoms with van der Waals surface area (Å²) in [6.07, 6.45) is 3.39. The third-order valence-corrected chi connectivity index (χ3v) is 3.94. The number of carbonyl (C=O) groups excluding carboxylic acids is 1. The van der Waals surface area contributed by atoms with Crippen LogP contribution in [0.5, 0.6) is 0 Å². The van der Waals surface area contributed by atoms with Crippen LogP contribution < -0.4 is 0 Å². The highest BCUT2D eigenvalue weighted by molar-refractivity contribution is 5.69. The molecule has 0 spiro atoms. The molecule has 0 N–H and O–H groups in total. The van der Waals surface area contributed by atoms with Crippen molar-refractivity contribution in [2.24, 2.45) is 5.92 Å². The van der Waals surface area contributed by atoms with E-state index in [0.717, 1.165) is 18.4 Å². The smallest absolute Gasteiger partial charge is 0.410 e. The van der Waals surface area contributed by atoms with E-state index < -0.39 is 5.60 Å². The third kappa shape index (κ3) is 4.35. The van der Waals surface area contributed by atoms with Gasteiger partial charge in [-0.3, -0.25) is 0 Å². The number of nitriles is 1. The standard InChI is InChI=1S/C19H24N2O2/c1-5-6-15-11-17(16-9-7-14(12-20)8-10-16)21(13-15)18(22)23-19(2,3)4/h5,7-10,15,17H,1,6,11,13H2,2-4H3/t15-,17+/m1/s1. The zero-order valence-electron chi connectivity index (χ0n) is 14.1. The van der Waals surface area contributed by atoms with Gasteiger partial charge in [0, 0.05) is 6.54 Å². The van der Waals surface area contributed by atoms with Crippen molar-refractivity contribution in [3.8, 4) is 6.07 Å². The number of rotatable bonds is 3. The Morgan fingerprint density at radius 2 is 2.09 bits per heavy atom. The largest absolute Gasteiger partial charge is 0.444 e. The number of nitrogens with zero attached hydrogens (tertiary/aromatic N) is 2. The van der Waals surface area contributed by atoms with Gasteiger partial charge in [-0.2, -0.15) is 5.26 Å². The average molecular weight is 312 g/mol. The lowest BCUT2D eigenvalue weighted by Gasteiger charge is -2.28. The maximum atomic E-state index is 12.5. The highest BCUT2D eigenvalue weighted by atomic mass is 16.6. The highest BCUT2D eigenvalue weighted by Gasteiger charge is 2.37. The Morgan fingerprint density at radius 3 is 2.61 bits per heavy atom. The predicted octanol–water partition coefficient (Wildman–Crippen LogP) is 4.43. The van der Waals surface area contributed by atoms with E-state index in [1.165, 1.54) is 0 Å². The van der Waals surface area contributed by atoms with E-state index in [0.29, 0.717) is 18.0 Å². The van der Waals surface area contributed by atoms with Crippen LogP contribution in [0.2, 0.25) is 0 Å². The SMILES string of the molecule is C=CC[C@@H]1C[C@@H](c2ccc(C#N)cc2)N(C(=O)OC(C)(C)C)C1.